The zero-order chi connectivity index (χ0) is 13.0. The molecule has 0 aliphatic carbocycles. The van der Waals surface area contributed by atoms with Crippen LogP contribution in [-0.2, 0) is 18.1 Å². The van der Waals surface area contributed by atoms with E-state index in [1.807, 2.05) is 6.92 Å². The lowest BCUT2D eigenvalue weighted by molar-refractivity contribution is 0.115. The molecule has 0 heterocycles. The lowest BCUT2D eigenvalue weighted by Crippen LogP contribution is -2.02. The summed E-state index contributed by atoms with van der Waals surface area (Å²) in [5.74, 6) is 0. The Morgan fingerprint density at radius 2 is 1.41 bits per heavy atom. The minimum absolute atomic E-state index is 0.344. The minimum Gasteiger partial charge on any atom is -0.287 e. The van der Waals surface area contributed by atoms with E-state index >= 15 is 0 Å². The Bertz CT molecular complexity index is 209. The van der Waals surface area contributed by atoms with Crippen LogP contribution in [0.5, 0.6) is 0 Å². The van der Waals surface area contributed by atoms with E-state index in [4.69, 9.17) is 13.6 Å². The Labute approximate surface area is 106 Å². The molecule has 0 aromatic carbocycles. The molecule has 0 saturated carbocycles. The van der Waals surface area contributed by atoms with Crippen molar-refractivity contribution in [3.05, 3.63) is 0 Å². The lowest BCUT2D eigenvalue weighted by atomic mass is 10.2. The Morgan fingerprint density at radius 1 is 0.765 bits per heavy atom. The molecule has 0 rings (SSSR count). The van der Waals surface area contributed by atoms with E-state index in [9.17, 15) is 4.57 Å². The monoisotopic (exact) mass is 266 g/mol. The molecule has 0 N–H and O–H groups in total. The standard InChI is InChI=1S/C12H27O4P/c1-4-7-8-9-10-12-16-17(13,14-6-3)15-11-5-2/h4-12H2,1-3H3. The maximum atomic E-state index is 12.0. The summed E-state index contributed by atoms with van der Waals surface area (Å²) in [7, 11) is -3.29. The molecule has 5 heteroatoms. The van der Waals surface area contributed by atoms with Crippen LogP contribution in [0.15, 0.2) is 0 Å². The van der Waals surface area contributed by atoms with Gasteiger partial charge in [0.2, 0.25) is 0 Å². The highest BCUT2D eigenvalue weighted by molar-refractivity contribution is 7.48. The first kappa shape index (κ1) is 17.1. The molecular formula is C12H27O4P. The van der Waals surface area contributed by atoms with Crippen molar-refractivity contribution in [3.63, 3.8) is 0 Å². The number of phosphoric ester groups is 1. The fraction of sp³-hybridized carbons (Fsp3) is 1.00. The lowest BCUT2D eigenvalue weighted by Gasteiger charge is -2.16. The predicted molar refractivity (Wildman–Crippen MR) is 70.2 cm³/mol. The average Bonchev–Trinajstić information content (AvgIpc) is 2.32. The SMILES string of the molecule is CCCCCCCOP(=O)(OCC)OCCC. The quantitative estimate of drug-likeness (QED) is 0.384. The van der Waals surface area contributed by atoms with Crippen molar-refractivity contribution < 1.29 is 18.1 Å². The summed E-state index contributed by atoms with van der Waals surface area (Å²) < 4.78 is 27.5. The molecule has 0 aliphatic heterocycles. The van der Waals surface area contributed by atoms with Crippen molar-refractivity contribution >= 4 is 7.82 Å². The highest BCUT2D eigenvalue weighted by atomic mass is 31.2. The third kappa shape index (κ3) is 9.78. The van der Waals surface area contributed by atoms with Crippen LogP contribution < -0.4 is 0 Å². The molecular weight excluding hydrogens is 239 g/mol. The second-order valence-corrected chi connectivity index (χ2v) is 5.61. The van der Waals surface area contributed by atoms with Gasteiger partial charge in [0.05, 0.1) is 19.8 Å². The molecule has 4 nitrogen and oxygen atoms in total. The van der Waals surface area contributed by atoms with Crippen molar-refractivity contribution in [1.29, 1.82) is 0 Å². The van der Waals surface area contributed by atoms with Crippen LogP contribution in [0.4, 0.5) is 0 Å². The highest BCUT2D eigenvalue weighted by Gasteiger charge is 2.25. The van der Waals surface area contributed by atoms with E-state index in [0.717, 1.165) is 19.3 Å². The zero-order valence-electron chi connectivity index (χ0n) is 11.4. The molecule has 0 spiro atoms. The first-order valence-electron chi connectivity index (χ1n) is 6.72. The van der Waals surface area contributed by atoms with E-state index in [-0.39, 0.29) is 0 Å². The zero-order valence-corrected chi connectivity index (χ0v) is 12.3. The van der Waals surface area contributed by atoms with Crippen LogP contribution in [0, 0.1) is 0 Å². The van der Waals surface area contributed by atoms with Crippen molar-refractivity contribution in [1.82, 2.24) is 0 Å². The summed E-state index contributed by atoms with van der Waals surface area (Å²) in [6.07, 6.45) is 6.49. The molecule has 17 heavy (non-hydrogen) atoms. The van der Waals surface area contributed by atoms with E-state index in [1.54, 1.807) is 6.92 Å². The van der Waals surface area contributed by atoms with Crippen LogP contribution >= 0.6 is 7.82 Å². The third-order valence-corrected chi connectivity index (χ3v) is 3.81. The summed E-state index contributed by atoms with van der Waals surface area (Å²) in [6.45, 7) is 7.13. The highest BCUT2D eigenvalue weighted by Crippen LogP contribution is 2.49. The maximum Gasteiger partial charge on any atom is 0.474 e. The topological polar surface area (TPSA) is 44.8 Å². The van der Waals surface area contributed by atoms with Gasteiger partial charge in [-0.15, -0.1) is 0 Å². The molecule has 0 radical (unpaired) electrons. The molecule has 0 aliphatic rings. The molecule has 104 valence electrons. The van der Waals surface area contributed by atoms with Crippen molar-refractivity contribution in [3.8, 4) is 0 Å². The Morgan fingerprint density at radius 3 is 2.00 bits per heavy atom. The van der Waals surface area contributed by atoms with Gasteiger partial charge >= 0.3 is 7.82 Å². The Hall–Kier alpha value is 0.110. The van der Waals surface area contributed by atoms with Crippen LogP contribution in [0.25, 0.3) is 0 Å². The van der Waals surface area contributed by atoms with Gasteiger partial charge in [-0.3, -0.25) is 13.6 Å². The predicted octanol–water partition coefficient (Wildman–Crippen LogP) is 4.54. The second kappa shape index (κ2) is 11.2. The summed E-state index contributed by atoms with van der Waals surface area (Å²) in [5.41, 5.74) is 0. The molecule has 0 amide bonds. The van der Waals surface area contributed by atoms with Crippen molar-refractivity contribution in [2.24, 2.45) is 0 Å². The number of hydrogen-bond donors (Lipinski definition) is 0. The van der Waals surface area contributed by atoms with E-state index in [0.29, 0.717) is 19.8 Å². The smallest absolute Gasteiger partial charge is 0.287 e. The van der Waals surface area contributed by atoms with Gasteiger partial charge < -0.3 is 0 Å². The molecule has 0 fully saturated rings. The third-order valence-electron chi connectivity index (χ3n) is 2.24. The Balaban J connectivity index is 3.72. The largest absolute Gasteiger partial charge is 0.474 e. The van der Waals surface area contributed by atoms with Gasteiger partial charge in [-0.25, -0.2) is 4.57 Å². The van der Waals surface area contributed by atoms with E-state index in [1.165, 1.54) is 19.3 Å². The fourth-order valence-corrected chi connectivity index (χ4v) is 2.65. The number of hydrogen-bond acceptors (Lipinski definition) is 4. The van der Waals surface area contributed by atoms with E-state index < -0.39 is 7.82 Å². The van der Waals surface area contributed by atoms with Crippen molar-refractivity contribution in [2.45, 2.75) is 59.3 Å². The van der Waals surface area contributed by atoms with Gasteiger partial charge in [-0.05, 0) is 19.8 Å². The summed E-state index contributed by atoms with van der Waals surface area (Å²) in [6, 6.07) is 0. The molecule has 0 saturated heterocycles. The van der Waals surface area contributed by atoms with Crippen molar-refractivity contribution in [2.75, 3.05) is 19.8 Å². The van der Waals surface area contributed by atoms with Gasteiger partial charge in [-0.2, -0.15) is 0 Å². The number of unbranched alkanes of at least 4 members (excludes halogenated alkanes) is 4. The first-order chi connectivity index (χ1) is 8.18. The molecule has 0 aromatic heterocycles. The van der Waals surface area contributed by atoms with Gasteiger partial charge in [-0.1, -0.05) is 39.5 Å². The number of rotatable bonds is 12. The summed E-state index contributed by atoms with van der Waals surface area (Å²) >= 11 is 0. The van der Waals surface area contributed by atoms with Gasteiger partial charge in [0.1, 0.15) is 0 Å². The summed E-state index contributed by atoms with van der Waals surface area (Å²) in [4.78, 5) is 0. The minimum atomic E-state index is -3.29. The van der Waals surface area contributed by atoms with Gasteiger partial charge in [0, 0.05) is 0 Å². The van der Waals surface area contributed by atoms with Gasteiger partial charge in [0.25, 0.3) is 0 Å². The second-order valence-electron chi connectivity index (χ2n) is 3.95. The summed E-state index contributed by atoms with van der Waals surface area (Å²) in [5, 5.41) is 0. The average molecular weight is 266 g/mol. The van der Waals surface area contributed by atoms with Gasteiger partial charge in [0.15, 0.2) is 0 Å². The van der Waals surface area contributed by atoms with Crippen LogP contribution in [0.3, 0.4) is 0 Å². The van der Waals surface area contributed by atoms with Crippen LogP contribution in [-0.4, -0.2) is 19.8 Å². The normalized spacial score (nSPS) is 14.8. The molecule has 0 aromatic rings. The molecule has 0 bridgehead atoms. The number of phosphoric acid groups is 1. The van der Waals surface area contributed by atoms with Crippen LogP contribution in [0.1, 0.15) is 59.3 Å². The first-order valence-corrected chi connectivity index (χ1v) is 8.18. The van der Waals surface area contributed by atoms with Crippen LogP contribution in [0.2, 0.25) is 0 Å². The molecule has 1 unspecified atom stereocenters. The molecule has 1 atom stereocenters. The van der Waals surface area contributed by atoms with E-state index in [2.05, 4.69) is 6.92 Å². The fourth-order valence-electron chi connectivity index (χ4n) is 1.35. The maximum absolute atomic E-state index is 12.0. The Kier molecular flexibility index (Phi) is 11.3.